The molecule has 1 amide bonds. The van der Waals surface area contributed by atoms with Crippen molar-refractivity contribution in [3.63, 3.8) is 0 Å². The van der Waals surface area contributed by atoms with E-state index in [4.69, 9.17) is 14.6 Å². The van der Waals surface area contributed by atoms with Gasteiger partial charge >= 0.3 is 5.97 Å². The Labute approximate surface area is 121 Å². The summed E-state index contributed by atoms with van der Waals surface area (Å²) < 4.78 is 10.7. The van der Waals surface area contributed by atoms with Crippen LogP contribution < -0.4 is 19.7 Å². The maximum Gasteiger partial charge on any atom is 0.305 e. The molecule has 0 fully saturated rings. The molecule has 7 nitrogen and oxygen atoms in total. The summed E-state index contributed by atoms with van der Waals surface area (Å²) in [6, 6.07) is 3.16. The SMILES string of the molecule is CCC1Nc2cc3c(cc2N(CCC(=O)O)C1=O)OCO3. The van der Waals surface area contributed by atoms with Gasteiger partial charge in [0.15, 0.2) is 11.5 Å². The molecule has 2 aliphatic heterocycles. The number of nitrogens with one attached hydrogen (secondary N) is 1. The number of hydrogen-bond acceptors (Lipinski definition) is 5. The van der Waals surface area contributed by atoms with Gasteiger partial charge in [0.05, 0.1) is 17.8 Å². The van der Waals surface area contributed by atoms with E-state index in [9.17, 15) is 9.59 Å². The first-order valence-electron chi connectivity index (χ1n) is 6.83. The average Bonchev–Trinajstić information content (AvgIpc) is 2.90. The van der Waals surface area contributed by atoms with Crippen molar-refractivity contribution >= 4 is 23.3 Å². The first-order valence-corrected chi connectivity index (χ1v) is 6.83. The molecule has 0 saturated heterocycles. The summed E-state index contributed by atoms with van der Waals surface area (Å²) in [5.74, 6) is 0.143. The topological polar surface area (TPSA) is 88.1 Å². The van der Waals surface area contributed by atoms with Gasteiger partial charge in [-0.3, -0.25) is 9.59 Å². The van der Waals surface area contributed by atoms with Gasteiger partial charge in [-0.05, 0) is 6.42 Å². The summed E-state index contributed by atoms with van der Waals surface area (Å²) >= 11 is 0. The number of anilines is 2. The summed E-state index contributed by atoms with van der Waals surface area (Å²) in [5, 5.41) is 12.0. The van der Waals surface area contributed by atoms with Gasteiger partial charge < -0.3 is 24.8 Å². The second-order valence-corrected chi connectivity index (χ2v) is 4.96. The highest BCUT2D eigenvalue weighted by atomic mass is 16.7. The van der Waals surface area contributed by atoms with Crippen molar-refractivity contribution < 1.29 is 24.2 Å². The third-order valence-corrected chi connectivity index (χ3v) is 3.63. The summed E-state index contributed by atoms with van der Waals surface area (Å²) in [7, 11) is 0. The molecule has 1 aromatic rings. The Morgan fingerprint density at radius 3 is 2.81 bits per heavy atom. The zero-order valence-electron chi connectivity index (χ0n) is 11.6. The number of ether oxygens (including phenoxy) is 2. The highest BCUT2D eigenvalue weighted by molar-refractivity contribution is 6.05. The van der Waals surface area contributed by atoms with Gasteiger partial charge in [0, 0.05) is 18.7 Å². The van der Waals surface area contributed by atoms with Crippen LogP contribution in [-0.4, -0.2) is 36.4 Å². The normalized spacial score (nSPS) is 19.2. The summed E-state index contributed by atoms with van der Waals surface area (Å²) in [5.41, 5.74) is 1.39. The lowest BCUT2D eigenvalue weighted by Crippen LogP contribution is -2.47. The number of rotatable bonds is 4. The number of hydrogen-bond donors (Lipinski definition) is 2. The molecule has 0 aliphatic carbocycles. The third-order valence-electron chi connectivity index (χ3n) is 3.63. The number of benzene rings is 1. The van der Waals surface area contributed by atoms with Crippen LogP contribution in [-0.2, 0) is 9.59 Å². The molecule has 3 rings (SSSR count). The van der Waals surface area contributed by atoms with Crippen molar-refractivity contribution in [1.82, 2.24) is 0 Å². The molecular weight excluding hydrogens is 276 g/mol. The van der Waals surface area contributed by atoms with E-state index in [2.05, 4.69) is 5.32 Å². The van der Waals surface area contributed by atoms with Crippen molar-refractivity contribution in [2.75, 3.05) is 23.6 Å². The largest absolute Gasteiger partial charge is 0.481 e. The van der Waals surface area contributed by atoms with Crippen LogP contribution in [0.2, 0.25) is 0 Å². The molecule has 1 aromatic carbocycles. The number of aliphatic carboxylic acids is 1. The van der Waals surface area contributed by atoms with Crippen LogP contribution >= 0.6 is 0 Å². The van der Waals surface area contributed by atoms with Gasteiger partial charge in [0.2, 0.25) is 12.7 Å². The monoisotopic (exact) mass is 292 g/mol. The van der Waals surface area contributed by atoms with Crippen molar-refractivity contribution in [1.29, 1.82) is 0 Å². The van der Waals surface area contributed by atoms with Crippen LogP contribution in [0.15, 0.2) is 12.1 Å². The Balaban J connectivity index is 1.98. The molecule has 0 spiro atoms. The van der Waals surface area contributed by atoms with Crippen LogP contribution in [0.5, 0.6) is 11.5 Å². The van der Waals surface area contributed by atoms with E-state index in [0.29, 0.717) is 23.6 Å². The molecule has 0 radical (unpaired) electrons. The molecule has 21 heavy (non-hydrogen) atoms. The predicted octanol–water partition coefficient (Wildman–Crippen LogP) is 1.43. The second-order valence-electron chi connectivity index (χ2n) is 4.96. The van der Waals surface area contributed by atoms with Crippen molar-refractivity contribution in [2.45, 2.75) is 25.8 Å². The van der Waals surface area contributed by atoms with Gasteiger partial charge in [-0.15, -0.1) is 0 Å². The highest BCUT2D eigenvalue weighted by Crippen LogP contribution is 2.43. The number of carbonyl (C=O) groups is 2. The smallest absolute Gasteiger partial charge is 0.305 e. The maximum atomic E-state index is 12.4. The molecule has 2 N–H and O–H groups in total. The van der Waals surface area contributed by atoms with Gasteiger partial charge in [-0.25, -0.2) is 0 Å². The molecular formula is C14H16N2O5. The van der Waals surface area contributed by atoms with Gasteiger partial charge in [0.1, 0.15) is 6.04 Å². The van der Waals surface area contributed by atoms with E-state index in [1.165, 1.54) is 4.90 Å². The molecule has 7 heteroatoms. The summed E-state index contributed by atoms with van der Waals surface area (Å²) in [6.07, 6.45) is 0.520. The van der Waals surface area contributed by atoms with Crippen molar-refractivity contribution in [2.24, 2.45) is 0 Å². The molecule has 0 bridgehead atoms. The molecule has 1 unspecified atom stereocenters. The molecule has 112 valence electrons. The second kappa shape index (κ2) is 5.16. The molecule has 2 aliphatic rings. The fraction of sp³-hybridized carbons (Fsp3) is 0.429. The van der Waals surface area contributed by atoms with E-state index < -0.39 is 5.97 Å². The molecule has 0 aromatic heterocycles. The standard InChI is InChI=1S/C14H16N2O5/c1-2-8-14(19)16(4-3-13(17)18)10-6-12-11(20-7-21-12)5-9(10)15-8/h5-6,8,15H,2-4,7H2,1H3,(H,17,18). The minimum absolute atomic E-state index is 0.101. The summed E-state index contributed by atoms with van der Waals surface area (Å²) in [4.78, 5) is 24.7. The number of carbonyl (C=O) groups excluding carboxylic acids is 1. The van der Waals surface area contributed by atoms with Crippen molar-refractivity contribution in [3.05, 3.63) is 12.1 Å². The number of amides is 1. The number of fused-ring (bicyclic) bond motifs is 2. The van der Waals surface area contributed by atoms with E-state index in [1.54, 1.807) is 12.1 Å². The average molecular weight is 292 g/mol. The van der Waals surface area contributed by atoms with E-state index >= 15 is 0 Å². The van der Waals surface area contributed by atoms with Gasteiger partial charge in [-0.2, -0.15) is 0 Å². The zero-order valence-corrected chi connectivity index (χ0v) is 11.6. The van der Waals surface area contributed by atoms with E-state index in [-0.39, 0.29) is 31.7 Å². The number of carboxylic acids is 1. The molecule has 0 saturated carbocycles. The Bertz CT molecular complexity index is 601. The lowest BCUT2D eigenvalue weighted by Gasteiger charge is -2.35. The van der Waals surface area contributed by atoms with Crippen LogP contribution in [0.3, 0.4) is 0 Å². The minimum atomic E-state index is -0.934. The van der Waals surface area contributed by atoms with Crippen LogP contribution in [0.25, 0.3) is 0 Å². The Kier molecular flexibility index (Phi) is 3.32. The van der Waals surface area contributed by atoms with Crippen LogP contribution in [0.1, 0.15) is 19.8 Å². The van der Waals surface area contributed by atoms with E-state index in [0.717, 1.165) is 5.69 Å². The third kappa shape index (κ3) is 2.35. The number of carboxylic acid groups (broad SMARTS) is 1. The fourth-order valence-electron chi connectivity index (χ4n) is 2.54. The Morgan fingerprint density at radius 2 is 2.14 bits per heavy atom. The fourth-order valence-corrected chi connectivity index (χ4v) is 2.54. The van der Waals surface area contributed by atoms with Gasteiger partial charge in [0.25, 0.3) is 0 Å². The first kappa shape index (κ1) is 13.5. The number of nitrogens with zero attached hydrogens (tertiary/aromatic N) is 1. The molecule has 1 atom stereocenters. The van der Waals surface area contributed by atoms with E-state index in [1.807, 2.05) is 6.92 Å². The Morgan fingerprint density at radius 1 is 1.43 bits per heavy atom. The highest BCUT2D eigenvalue weighted by Gasteiger charge is 2.33. The minimum Gasteiger partial charge on any atom is -0.481 e. The van der Waals surface area contributed by atoms with Crippen molar-refractivity contribution in [3.8, 4) is 11.5 Å². The molecule has 2 heterocycles. The summed E-state index contributed by atoms with van der Waals surface area (Å²) in [6.45, 7) is 2.19. The van der Waals surface area contributed by atoms with Crippen LogP contribution in [0.4, 0.5) is 11.4 Å². The quantitative estimate of drug-likeness (QED) is 0.872. The predicted molar refractivity (Wildman–Crippen MR) is 74.9 cm³/mol. The lowest BCUT2D eigenvalue weighted by atomic mass is 10.1. The maximum absolute atomic E-state index is 12.4. The zero-order chi connectivity index (χ0) is 15.0. The van der Waals surface area contributed by atoms with Gasteiger partial charge in [-0.1, -0.05) is 6.92 Å². The van der Waals surface area contributed by atoms with Crippen LogP contribution in [0, 0.1) is 0 Å². The first-order chi connectivity index (χ1) is 10.1. The Hall–Kier alpha value is -2.44. The lowest BCUT2D eigenvalue weighted by molar-refractivity contribution is -0.136.